The van der Waals surface area contributed by atoms with Crippen molar-refractivity contribution in [2.45, 2.75) is 26.3 Å². The molecule has 150 valence electrons. The van der Waals surface area contributed by atoms with E-state index in [1.165, 1.54) is 18.2 Å². The molecule has 0 unspecified atom stereocenters. The summed E-state index contributed by atoms with van der Waals surface area (Å²) in [5.74, 6) is 1.34. The van der Waals surface area contributed by atoms with Gasteiger partial charge in [0.05, 0.1) is 12.7 Å². The minimum absolute atomic E-state index is 0.290. The highest BCUT2D eigenvalue weighted by molar-refractivity contribution is 5.89. The first-order valence-electron chi connectivity index (χ1n) is 9.71. The fourth-order valence-electron chi connectivity index (χ4n) is 3.29. The Balaban J connectivity index is 1.77. The van der Waals surface area contributed by atoms with Gasteiger partial charge in [0.25, 0.3) is 0 Å². The minimum Gasteiger partial charge on any atom is -0.465 e. The summed E-state index contributed by atoms with van der Waals surface area (Å²) in [5.41, 5.74) is 4.06. The van der Waals surface area contributed by atoms with Crippen molar-refractivity contribution in [1.29, 1.82) is 0 Å². The number of esters is 1. The number of methoxy groups -OCH3 is 1. The number of nitrogens with one attached hydrogen (secondary N) is 1. The lowest BCUT2D eigenvalue weighted by atomic mass is 9.97. The van der Waals surface area contributed by atoms with Crippen LogP contribution in [0.3, 0.4) is 0 Å². The summed E-state index contributed by atoms with van der Waals surface area (Å²) in [6.45, 7) is 5.46. The maximum Gasteiger partial charge on any atom is 0.337 e. The number of hydrogen-bond donors (Lipinski definition) is 1. The van der Waals surface area contributed by atoms with E-state index in [2.05, 4.69) is 33.1 Å². The van der Waals surface area contributed by atoms with Crippen LogP contribution >= 0.6 is 0 Å². The van der Waals surface area contributed by atoms with Gasteiger partial charge in [-0.15, -0.1) is 0 Å². The minimum atomic E-state index is -0.290. The van der Waals surface area contributed by atoms with Gasteiger partial charge in [0.1, 0.15) is 5.82 Å². The number of hydrogen-bond acceptors (Lipinski definition) is 7. The lowest BCUT2D eigenvalue weighted by molar-refractivity contribution is 0.0600. The predicted octanol–water partition coefficient (Wildman–Crippen LogP) is 2.36. The fraction of sp³-hybridized carbons (Fsp3) is 0.476. The zero-order valence-electron chi connectivity index (χ0n) is 17.2. The van der Waals surface area contributed by atoms with Gasteiger partial charge in [0.2, 0.25) is 5.95 Å². The average molecular weight is 383 g/mol. The Morgan fingerprint density at radius 3 is 2.79 bits per heavy atom. The molecule has 0 spiro atoms. The number of anilines is 2. The number of carbonyl (C=O) groups excluding carboxylic acids is 1. The van der Waals surface area contributed by atoms with Crippen molar-refractivity contribution in [3.8, 4) is 0 Å². The second-order valence-electron chi connectivity index (χ2n) is 7.27. The molecule has 0 atom stereocenters. The van der Waals surface area contributed by atoms with E-state index >= 15 is 0 Å². The third-order valence-corrected chi connectivity index (χ3v) is 4.93. The Morgan fingerprint density at radius 1 is 1.25 bits per heavy atom. The van der Waals surface area contributed by atoms with Crippen molar-refractivity contribution in [1.82, 2.24) is 14.9 Å². The second-order valence-corrected chi connectivity index (χ2v) is 7.27. The third kappa shape index (κ3) is 4.78. The second kappa shape index (κ2) is 9.01. The highest BCUT2D eigenvalue weighted by Gasteiger charge is 2.20. The molecule has 0 bridgehead atoms. The topological polar surface area (TPSA) is 70.6 Å². The number of aromatic nitrogens is 2. The summed E-state index contributed by atoms with van der Waals surface area (Å²) in [6, 6.07) is 7.88. The first kappa shape index (κ1) is 20.1. The summed E-state index contributed by atoms with van der Waals surface area (Å²) >= 11 is 0. The quantitative estimate of drug-likeness (QED) is 0.736. The third-order valence-electron chi connectivity index (χ3n) is 4.93. The van der Waals surface area contributed by atoms with Gasteiger partial charge < -0.3 is 19.9 Å². The molecule has 1 aromatic heterocycles. The van der Waals surface area contributed by atoms with Crippen molar-refractivity contribution in [2.24, 2.45) is 0 Å². The molecule has 1 aromatic carbocycles. The maximum atomic E-state index is 11.8. The van der Waals surface area contributed by atoms with Gasteiger partial charge in [-0.25, -0.2) is 9.78 Å². The van der Waals surface area contributed by atoms with Crippen LogP contribution in [0, 0.1) is 0 Å². The van der Waals surface area contributed by atoms with Crippen LogP contribution in [0.15, 0.2) is 24.3 Å². The van der Waals surface area contributed by atoms with Gasteiger partial charge in [-0.1, -0.05) is 13.0 Å². The van der Waals surface area contributed by atoms with E-state index in [1.807, 2.05) is 32.3 Å². The number of likely N-dealkylation sites (N-methyl/N-ethyl adjacent to an activating group) is 1. The van der Waals surface area contributed by atoms with Crippen LogP contribution in [0.4, 0.5) is 11.8 Å². The molecular formula is C21H29N5O2. The monoisotopic (exact) mass is 383 g/mol. The Labute approximate surface area is 166 Å². The van der Waals surface area contributed by atoms with E-state index < -0.39 is 0 Å². The van der Waals surface area contributed by atoms with E-state index in [0.717, 1.165) is 50.5 Å². The average Bonchev–Trinajstić information content (AvgIpc) is 2.71. The molecule has 0 fully saturated rings. The molecule has 2 aromatic rings. The number of carbonyl (C=O) groups is 1. The van der Waals surface area contributed by atoms with Crippen molar-refractivity contribution in [3.05, 3.63) is 46.6 Å². The van der Waals surface area contributed by atoms with Crippen molar-refractivity contribution >= 4 is 17.7 Å². The molecule has 0 radical (unpaired) electrons. The molecular weight excluding hydrogens is 354 g/mol. The van der Waals surface area contributed by atoms with Crippen LogP contribution < -0.4 is 10.2 Å². The first-order valence-corrected chi connectivity index (χ1v) is 9.71. The Hall–Kier alpha value is -2.67. The summed E-state index contributed by atoms with van der Waals surface area (Å²) in [6.07, 6.45) is 1.74. The van der Waals surface area contributed by atoms with E-state index in [1.54, 1.807) is 0 Å². The van der Waals surface area contributed by atoms with Crippen LogP contribution in [0.2, 0.25) is 0 Å². The van der Waals surface area contributed by atoms with Crippen molar-refractivity contribution < 1.29 is 9.53 Å². The summed E-state index contributed by atoms with van der Waals surface area (Å²) in [4.78, 5) is 25.5. The first-order chi connectivity index (χ1) is 13.5. The molecule has 1 aliphatic rings. The smallest absolute Gasteiger partial charge is 0.337 e. The molecule has 0 saturated carbocycles. The van der Waals surface area contributed by atoms with Gasteiger partial charge in [0.15, 0.2) is 0 Å². The van der Waals surface area contributed by atoms with E-state index in [9.17, 15) is 4.79 Å². The fourth-order valence-corrected chi connectivity index (χ4v) is 3.29. The number of benzene rings is 1. The zero-order chi connectivity index (χ0) is 20.1. The SMILES string of the molecule is CCc1cc(N2CCc3cc(C(=O)OC)ccc3C2)nc(NCCN(C)C)n1. The summed E-state index contributed by atoms with van der Waals surface area (Å²) < 4.78 is 4.83. The van der Waals surface area contributed by atoms with Gasteiger partial charge in [0, 0.05) is 37.9 Å². The molecule has 1 N–H and O–H groups in total. The Kier molecular flexibility index (Phi) is 6.46. The lowest BCUT2D eigenvalue weighted by Gasteiger charge is -2.30. The Bertz CT molecular complexity index is 838. The zero-order valence-corrected chi connectivity index (χ0v) is 17.2. The van der Waals surface area contributed by atoms with Crippen LogP contribution in [0.5, 0.6) is 0 Å². The molecule has 7 heteroatoms. The summed E-state index contributed by atoms with van der Waals surface area (Å²) in [5, 5.41) is 3.33. The highest BCUT2D eigenvalue weighted by atomic mass is 16.5. The normalized spacial score (nSPS) is 13.4. The summed E-state index contributed by atoms with van der Waals surface area (Å²) in [7, 11) is 5.51. The molecule has 0 saturated heterocycles. The largest absolute Gasteiger partial charge is 0.465 e. The highest BCUT2D eigenvalue weighted by Crippen LogP contribution is 2.25. The number of ether oxygens (including phenoxy) is 1. The van der Waals surface area contributed by atoms with Crippen LogP contribution in [-0.4, -0.2) is 61.7 Å². The van der Waals surface area contributed by atoms with Crippen LogP contribution in [0.1, 0.15) is 34.1 Å². The van der Waals surface area contributed by atoms with Crippen LogP contribution in [0.25, 0.3) is 0 Å². The number of fused-ring (bicyclic) bond motifs is 1. The van der Waals surface area contributed by atoms with E-state index in [4.69, 9.17) is 9.72 Å². The molecule has 2 heterocycles. The maximum absolute atomic E-state index is 11.8. The lowest BCUT2D eigenvalue weighted by Crippen LogP contribution is -2.31. The number of aryl methyl sites for hydroxylation is 1. The van der Waals surface area contributed by atoms with E-state index in [-0.39, 0.29) is 5.97 Å². The number of nitrogens with zero attached hydrogens (tertiary/aromatic N) is 4. The van der Waals surface area contributed by atoms with Crippen molar-refractivity contribution in [3.63, 3.8) is 0 Å². The van der Waals surface area contributed by atoms with Crippen LogP contribution in [-0.2, 0) is 24.1 Å². The van der Waals surface area contributed by atoms with Gasteiger partial charge in [-0.2, -0.15) is 4.98 Å². The molecule has 1 aliphatic heterocycles. The van der Waals surface area contributed by atoms with E-state index in [0.29, 0.717) is 11.5 Å². The predicted molar refractivity (Wildman–Crippen MR) is 111 cm³/mol. The van der Waals surface area contributed by atoms with Gasteiger partial charge >= 0.3 is 5.97 Å². The van der Waals surface area contributed by atoms with Gasteiger partial charge in [-0.3, -0.25) is 0 Å². The van der Waals surface area contributed by atoms with Crippen molar-refractivity contribution in [2.75, 3.05) is 51.1 Å². The molecule has 28 heavy (non-hydrogen) atoms. The molecule has 7 nitrogen and oxygen atoms in total. The number of rotatable bonds is 7. The standard InChI is InChI=1S/C21H29N5O2/c1-5-18-13-19(24-21(23-18)22-9-11-25(2)3)26-10-8-15-12-16(20(27)28-4)6-7-17(15)14-26/h6-7,12-13H,5,8-11,14H2,1-4H3,(H,22,23,24). The molecule has 3 rings (SSSR count). The molecule has 0 amide bonds. The van der Waals surface area contributed by atoms with Gasteiger partial charge in [-0.05, 0) is 50.2 Å². The Morgan fingerprint density at radius 2 is 2.07 bits per heavy atom. The molecule has 0 aliphatic carbocycles.